The minimum Gasteiger partial charge on any atom is -0.455 e. The Morgan fingerprint density at radius 1 is 1.17 bits per heavy atom. The molecule has 3 heteroatoms. The molecule has 0 amide bonds. The number of rotatable bonds is 0. The van der Waals surface area contributed by atoms with Crippen molar-refractivity contribution in [3.8, 4) is 0 Å². The predicted molar refractivity (Wildman–Crippen MR) is 69.9 cm³/mol. The number of carbonyl (C=O) groups is 1. The molecule has 3 nitrogen and oxygen atoms in total. The van der Waals surface area contributed by atoms with Crippen LogP contribution in [0.25, 0.3) is 17.0 Å². The van der Waals surface area contributed by atoms with E-state index in [9.17, 15) is 9.59 Å². The van der Waals surface area contributed by atoms with E-state index in [0.717, 1.165) is 11.1 Å². The van der Waals surface area contributed by atoms with Crippen LogP contribution in [0.5, 0.6) is 0 Å². The molecule has 1 aliphatic carbocycles. The van der Waals surface area contributed by atoms with E-state index in [1.807, 2.05) is 19.9 Å². The minimum absolute atomic E-state index is 0.165. The fourth-order valence-corrected chi connectivity index (χ4v) is 2.26. The van der Waals surface area contributed by atoms with E-state index in [-0.39, 0.29) is 23.2 Å². The van der Waals surface area contributed by atoms with E-state index < -0.39 is 0 Å². The zero-order chi connectivity index (χ0) is 12.9. The zero-order valence-corrected chi connectivity index (χ0v) is 10.2. The van der Waals surface area contributed by atoms with Crippen molar-refractivity contribution in [2.24, 2.45) is 0 Å². The number of aryl methyl sites for hydroxylation is 2. The predicted octanol–water partition coefficient (Wildman–Crippen LogP) is 3.01. The molecular formula is C15H12O3. The Balaban J connectivity index is 2.53. The summed E-state index contributed by atoms with van der Waals surface area (Å²) in [6.45, 7) is 3.89. The van der Waals surface area contributed by atoms with Crippen molar-refractivity contribution in [3.05, 3.63) is 50.9 Å². The van der Waals surface area contributed by atoms with Gasteiger partial charge in [-0.15, -0.1) is 0 Å². The molecule has 1 heterocycles. The van der Waals surface area contributed by atoms with Crippen LogP contribution in [-0.2, 0) is 0 Å². The molecule has 0 saturated carbocycles. The molecule has 2 aromatic rings. The van der Waals surface area contributed by atoms with Crippen LogP contribution < -0.4 is 5.43 Å². The highest BCUT2D eigenvalue weighted by molar-refractivity contribution is 6.04. The maximum absolute atomic E-state index is 12.3. The van der Waals surface area contributed by atoms with E-state index in [1.54, 1.807) is 18.2 Å². The van der Waals surface area contributed by atoms with Gasteiger partial charge in [-0.2, -0.15) is 0 Å². The van der Waals surface area contributed by atoms with Crippen LogP contribution in [0.1, 0.15) is 33.7 Å². The van der Waals surface area contributed by atoms with Gasteiger partial charge in [-0.3, -0.25) is 9.59 Å². The Morgan fingerprint density at radius 2 is 1.94 bits per heavy atom. The number of fused-ring (bicyclic) bond motifs is 2. The van der Waals surface area contributed by atoms with E-state index >= 15 is 0 Å². The Bertz CT molecular complexity index is 763. The molecule has 0 radical (unpaired) electrons. The number of Topliss-reactive ketones (excluding diaryl/α,β-unsaturated/α-hetero) is 1. The third-order valence-electron chi connectivity index (χ3n) is 3.46. The maximum Gasteiger partial charge on any atom is 0.204 e. The first-order chi connectivity index (χ1) is 8.59. The lowest BCUT2D eigenvalue weighted by Gasteiger charge is -2.11. The highest BCUT2D eigenvalue weighted by Gasteiger charge is 2.22. The molecule has 0 bridgehead atoms. The van der Waals surface area contributed by atoms with Gasteiger partial charge in [0.25, 0.3) is 0 Å². The number of allylic oxidation sites excluding steroid dienone is 1. The second-order valence-electron chi connectivity index (χ2n) is 4.58. The minimum atomic E-state index is -0.219. The fourth-order valence-electron chi connectivity index (χ4n) is 2.26. The van der Waals surface area contributed by atoms with Crippen LogP contribution in [0, 0.1) is 13.8 Å². The summed E-state index contributed by atoms with van der Waals surface area (Å²) in [4.78, 5) is 24.1. The SMILES string of the molecule is Cc1ccc2c(=O)c3c(oc2c1C)C=CCC3=O. The van der Waals surface area contributed by atoms with E-state index in [4.69, 9.17) is 4.42 Å². The van der Waals surface area contributed by atoms with Gasteiger partial charge < -0.3 is 4.42 Å². The molecule has 1 aromatic heterocycles. The number of carbonyl (C=O) groups excluding carboxylic acids is 1. The van der Waals surface area contributed by atoms with E-state index in [0.29, 0.717) is 16.7 Å². The molecule has 90 valence electrons. The molecule has 1 aromatic carbocycles. The average molecular weight is 240 g/mol. The van der Waals surface area contributed by atoms with Crippen molar-refractivity contribution in [1.82, 2.24) is 0 Å². The quantitative estimate of drug-likeness (QED) is 0.711. The average Bonchev–Trinajstić information content (AvgIpc) is 2.34. The lowest BCUT2D eigenvalue weighted by molar-refractivity contribution is 0.0991. The molecule has 0 spiro atoms. The van der Waals surface area contributed by atoms with Crippen LogP contribution in [-0.4, -0.2) is 5.78 Å². The van der Waals surface area contributed by atoms with Gasteiger partial charge in [0.1, 0.15) is 16.9 Å². The highest BCUT2D eigenvalue weighted by Crippen LogP contribution is 2.25. The topological polar surface area (TPSA) is 47.3 Å². The molecule has 1 aliphatic rings. The van der Waals surface area contributed by atoms with Crippen LogP contribution in [0.15, 0.2) is 27.4 Å². The van der Waals surface area contributed by atoms with Gasteiger partial charge in [-0.05, 0) is 37.1 Å². The molecule has 3 rings (SSSR count). The summed E-state index contributed by atoms with van der Waals surface area (Å²) in [7, 11) is 0. The van der Waals surface area contributed by atoms with Gasteiger partial charge in [0.05, 0.1) is 5.39 Å². The molecule has 0 saturated heterocycles. The van der Waals surface area contributed by atoms with Gasteiger partial charge in [0.2, 0.25) is 5.43 Å². The lowest BCUT2D eigenvalue weighted by Crippen LogP contribution is -2.19. The molecule has 0 aliphatic heterocycles. The fraction of sp³-hybridized carbons (Fsp3) is 0.200. The third-order valence-corrected chi connectivity index (χ3v) is 3.46. The van der Waals surface area contributed by atoms with Crippen molar-refractivity contribution in [3.63, 3.8) is 0 Å². The summed E-state index contributed by atoms with van der Waals surface area (Å²) in [5.41, 5.74) is 2.56. The first-order valence-electron chi connectivity index (χ1n) is 5.86. The van der Waals surface area contributed by atoms with E-state index in [2.05, 4.69) is 0 Å². The summed E-state index contributed by atoms with van der Waals surface area (Å²) < 4.78 is 5.74. The van der Waals surface area contributed by atoms with Gasteiger partial charge in [-0.25, -0.2) is 0 Å². The largest absolute Gasteiger partial charge is 0.455 e. The summed E-state index contributed by atoms with van der Waals surface area (Å²) in [5, 5.41) is 0.487. The Labute approximate surface area is 104 Å². The summed E-state index contributed by atoms with van der Waals surface area (Å²) in [6.07, 6.45) is 3.71. The summed E-state index contributed by atoms with van der Waals surface area (Å²) >= 11 is 0. The molecule has 0 atom stereocenters. The monoisotopic (exact) mass is 240 g/mol. The summed E-state index contributed by atoms with van der Waals surface area (Å²) in [5.74, 6) is 0.221. The van der Waals surface area contributed by atoms with Gasteiger partial charge in [-0.1, -0.05) is 12.1 Å². The number of hydrogen-bond acceptors (Lipinski definition) is 3. The smallest absolute Gasteiger partial charge is 0.204 e. The van der Waals surface area contributed by atoms with Crippen LogP contribution in [0.2, 0.25) is 0 Å². The molecular weight excluding hydrogens is 228 g/mol. The second-order valence-corrected chi connectivity index (χ2v) is 4.58. The van der Waals surface area contributed by atoms with Gasteiger partial charge in [0, 0.05) is 6.42 Å². The van der Waals surface area contributed by atoms with Crippen molar-refractivity contribution in [2.45, 2.75) is 20.3 Å². The standard InChI is InChI=1S/C15H12O3/c1-8-6-7-10-14(17)13-11(16)4-3-5-12(13)18-15(10)9(8)2/h3,5-7H,4H2,1-2H3. The molecule has 0 unspecified atom stereocenters. The Kier molecular flexibility index (Phi) is 2.23. The maximum atomic E-state index is 12.3. The van der Waals surface area contributed by atoms with Crippen LogP contribution >= 0.6 is 0 Å². The third kappa shape index (κ3) is 1.37. The molecule has 0 fully saturated rings. The molecule has 18 heavy (non-hydrogen) atoms. The van der Waals surface area contributed by atoms with E-state index in [1.165, 1.54) is 0 Å². The number of ketones is 1. The Morgan fingerprint density at radius 3 is 2.72 bits per heavy atom. The first-order valence-corrected chi connectivity index (χ1v) is 5.86. The lowest BCUT2D eigenvalue weighted by atomic mass is 9.98. The van der Waals surface area contributed by atoms with Gasteiger partial charge in [0.15, 0.2) is 5.78 Å². The zero-order valence-electron chi connectivity index (χ0n) is 10.2. The van der Waals surface area contributed by atoms with Crippen LogP contribution in [0.4, 0.5) is 0 Å². The second kappa shape index (κ2) is 3.67. The van der Waals surface area contributed by atoms with Crippen molar-refractivity contribution in [1.29, 1.82) is 0 Å². The number of benzene rings is 1. The van der Waals surface area contributed by atoms with Crippen molar-refractivity contribution >= 4 is 22.8 Å². The van der Waals surface area contributed by atoms with Crippen LogP contribution in [0.3, 0.4) is 0 Å². The first kappa shape index (κ1) is 11.0. The van der Waals surface area contributed by atoms with Crippen molar-refractivity contribution < 1.29 is 9.21 Å². The molecule has 0 N–H and O–H groups in total. The highest BCUT2D eigenvalue weighted by atomic mass is 16.3. The normalized spacial score (nSPS) is 14.0. The summed E-state index contributed by atoms with van der Waals surface area (Å²) in [6, 6.07) is 3.61. The van der Waals surface area contributed by atoms with Crippen molar-refractivity contribution in [2.75, 3.05) is 0 Å². The number of hydrogen-bond donors (Lipinski definition) is 0. The van der Waals surface area contributed by atoms with Gasteiger partial charge >= 0.3 is 0 Å². The Hall–Kier alpha value is -2.16.